The molecule has 0 N–H and O–H groups in total. The molecule has 26 heavy (non-hydrogen) atoms. The molecule has 2 aromatic heterocycles. The summed E-state index contributed by atoms with van der Waals surface area (Å²) >= 11 is 0. The van der Waals surface area contributed by atoms with Crippen LogP contribution in [0.2, 0.25) is 0 Å². The van der Waals surface area contributed by atoms with E-state index in [0.29, 0.717) is 11.8 Å². The Hall–Kier alpha value is -2.24. The number of nitrogens with zero attached hydrogens (tertiary/aromatic N) is 5. The topological polar surface area (TPSA) is 63.9 Å². The molecule has 0 spiro atoms. The van der Waals surface area contributed by atoms with Crippen molar-refractivity contribution in [2.24, 2.45) is 5.92 Å². The van der Waals surface area contributed by atoms with Crippen molar-refractivity contribution in [2.45, 2.75) is 57.4 Å². The fourth-order valence-corrected chi connectivity index (χ4v) is 4.40. The van der Waals surface area contributed by atoms with Gasteiger partial charge in [0.05, 0.1) is 12.0 Å². The number of aryl methyl sites for hydroxylation is 1. The molecule has 3 heterocycles. The van der Waals surface area contributed by atoms with Gasteiger partial charge in [-0.05, 0) is 50.9 Å². The summed E-state index contributed by atoms with van der Waals surface area (Å²) < 4.78 is 1.80. The zero-order valence-corrected chi connectivity index (χ0v) is 15.1. The fourth-order valence-electron chi connectivity index (χ4n) is 4.40. The maximum atomic E-state index is 12.4. The van der Waals surface area contributed by atoms with Gasteiger partial charge in [0.25, 0.3) is 5.56 Å². The summed E-state index contributed by atoms with van der Waals surface area (Å²) in [6.07, 6.45) is 11.4. The normalized spacial score (nSPS) is 20.4. The highest BCUT2D eigenvalue weighted by Gasteiger charge is 2.27. The second-order valence-electron chi connectivity index (χ2n) is 7.99. The molecule has 0 aromatic carbocycles. The third-order valence-electron chi connectivity index (χ3n) is 6.12. The Morgan fingerprint density at radius 1 is 1.04 bits per heavy atom. The maximum Gasteiger partial charge on any atom is 0.253 e. The third kappa shape index (κ3) is 3.02. The van der Waals surface area contributed by atoms with Crippen LogP contribution < -0.4 is 10.5 Å². The van der Waals surface area contributed by atoms with Crippen LogP contribution in [0.4, 0.5) is 5.82 Å². The first-order valence-electron chi connectivity index (χ1n) is 9.92. The summed E-state index contributed by atoms with van der Waals surface area (Å²) in [5.41, 5.74) is 3.70. The van der Waals surface area contributed by atoms with Gasteiger partial charge in [0.1, 0.15) is 12.1 Å². The molecule has 0 atom stereocenters. The van der Waals surface area contributed by atoms with Crippen molar-refractivity contribution in [2.75, 3.05) is 18.0 Å². The Morgan fingerprint density at radius 3 is 2.65 bits per heavy atom. The fraction of sp³-hybridized carbons (Fsp3) is 0.600. The Bertz CT molecular complexity index is 865. The highest BCUT2D eigenvalue weighted by atomic mass is 16.1. The molecule has 2 aromatic rings. The first-order chi connectivity index (χ1) is 12.8. The molecule has 0 radical (unpaired) electrons. The van der Waals surface area contributed by atoms with Gasteiger partial charge in [-0.1, -0.05) is 0 Å². The van der Waals surface area contributed by atoms with E-state index in [2.05, 4.69) is 19.9 Å². The zero-order chi connectivity index (χ0) is 17.5. The van der Waals surface area contributed by atoms with Crippen molar-refractivity contribution in [1.29, 1.82) is 0 Å². The lowest BCUT2D eigenvalue weighted by Gasteiger charge is -2.33. The molecule has 6 nitrogen and oxygen atoms in total. The lowest BCUT2D eigenvalue weighted by atomic mass is 9.96. The predicted octanol–water partition coefficient (Wildman–Crippen LogP) is 2.32. The molecule has 0 bridgehead atoms. The van der Waals surface area contributed by atoms with Crippen LogP contribution in [0.25, 0.3) is 0 Å². The number of aromatic nitrogens is 4. The van der Waals surface area contributed by atoms with E-state index in [-0.39, 0.29) is 5.56 Å². The summed E-state index contributed by atoms with van der Waals surface area (Å²) in [4.78, 5) is 28.3. The van der Waals surface area contributed by atoms with Gasteiger partial charge in [0.15, 0.2) is 0 Å². The lowest BCUT2D eigenvalue weighted by molar-refractivity contribution is 0.349. The Balaban J connectivity index is 1.24. The molecule has 1 saturated carbocycles. The van der Waals surface area contributed by atoms with Crippen molar-refractivity contribution in [3.05, 3.63) is 46.0 Å². The number of hydrogen-bond acceptors (Lipinski definition) is 5. The number of hydrogen-bond donors (Lipinski definition) is 0. The molecule has 2 fully saturated rings. The lowest BCUT2D eigenvalue weighted by Crippen LogP contribution is -2.37. The second kappa shape index (κ2) is 6.49. The highest BCUT2D eigenvalue weighted by Crippen LogP contribution is 2.38. The van der Waals surface area contributed by atoms with Crippen LogP contribution in [0.5, 0.6) is 0 Å². The van der Waals surface area contributed by atoms with Gasteiger partial charge in [0, 0.05) is 42.9 Å². The zero-order valence-electron chi connectivity index (χ0n) is 15.1. The molecular formula is C20H25N5O. The van der Waals surface area contributed by atoms with E-state index in [9.17, 15) is 4.79 Å². The predicted molar refractivity (Wildman–Crippen MR) is 99.5 cm³/mol. The first kappa shape index (κ1) is 16.0. The van der Waals surface area contributed by atoms with E-state index in [1.54, 1.807) is 23.3 Å². The SMILES string of the molecule is O=c1cc(C2CC2)ncn1CC1CCN(c2ncnc3c2CCC3)CC1. The van der Waals surface area contributed by atoms with E-state index in [1.165, 1.54) is 30.5 Å². The molecule has 136 valence electrons. The molecule has 0 amide bonds. The van der Waals surface area contributed by atoms with Gasteiger partial charge in [0.2, 0.25) is 0 Å². The number of rotatable bonds is 4. The van der Waals surface area contributed by atoms with Crippen LogP contribution in [0, 0.1) is 5.92 Å². The quantitative estimate of drug-likeness (QED) is 0.846. The van der Waals surface area contributed by atoms with E-state index in [4.69, 9.17) is 0 Å². The summed E-state index contributed by atoms with van der Waals surface area (Å²) in [6, 6.07) is 1.75. The van der Waals surface area contributed by atoms with Crippen molar-refractivity contribution >= 4 is 5.82 Å². The van der Waals surface area contributed by atoms with Gasteiger partial charge in [-0.3, -0.25) is 9.36 Å². The first-order valence-corrected chi connectivity index (χ1v) is 9.92. The van der Waals surface area contributed by atoms with Crippen molar-refractivity contribution in [3.8, 4) is 0 Å². The van der Waals surface area contributed by atoms with Crippen molar-refractivity contribution in [1.82, 2.24) is 19.5 Å². The van der Waals surface area contributed by atoms with Crippen LogP contribution >= 0.6 is 0 Å². The van der Waals surface area contributed by atoms with Gasteiger partial charge >= 0.3 is 0 Å². The largest absolute Gasteiger partial charge is 0.356 e. The minimum atomic E-state index is 0.109. The van der Waals surface area contributed by atoms with E-state index >= 15 is 0 Å². The number of anilines is 1. The molecule has 1 saturated heterocycles. The van der Waals surface area contributed by atoms with Gasteiger partial charge in [-0.25, -0.2) is 15.0 Å². The van der Waals surface area contributed by atoms with Crippen LogP contribution in [-0.4, -0.2) is 32.6 Å². The van der Waals surface area contributed by atoms with Gasteiger partial charge in [-0.15, -0.1) is 0 Å². The smallest absolute Gasteiger partial charge is 0.253 e. The van der Waals surface area contributed by atoms with Crippen molar-refractivity contribution in [3.63, 3.8) is 0 Å². The van der Waals surface area contributed by atoms with Crippen LogP contribution in [0.15, 0.2) is 23.5 Å². The average molecular weight is 351 g/mol. The average Bonchev–Trinajstić information content (AvgIpc) is 3.40. The summed E-state index contributed by atoms with van der Waals surface area (Å²) in [5, 5.41) is 0. The van der Waals surface area contributed by atoms with Crippen LogP contribution in [0.1, 0.15) is 55.0 Å². The number of piperidine rings is 1. The Labute approximate surface area is 153 Å². The van der Waals surface area contributed by atoms with Crippen LogP contribution in [-0.2, 0) is 19.4 Å². The Morgan fingerprint density at radius 2 is 1.88 bits per heavy atom. The molecule has 1 aliphatic heterocycles. The summed E-state index contributed by atoms with van der Waals surface area (Å²) in [7, 11) is 0. The Kier molecular flexibility index (Phi) is 3.98. The van der Waals surface area contributed by atoms with Crippen LogP contribution in [0.3, 0.4) is 0 Å². The highest BCUT2D eigenvalue weighted by molar-refractivity contribution is 5.50. The minimum Gasteiger partial charge on any atom is -0.356 e. The van der Waals surface area contributed by atoms with Gasteiger partial charge in [-0.2, -0.15) is 0 Å². The molecule has 6 heteroatoms. The summed E-state index contributed by atoms with van der Waals surface area (Å²) in [6.45, 7) is 2.80. The minimum absolute atomic E-state index is 0.109. The third-order valence-corrected chi connectivity index (χ3v) is 6.12. The number of fused-ring (bicyclic) bond motifs is 1. The monoisotopic (exact) mass is 351 g/mol. The van der Waals surface area contributed by atoms with E-state index in [0.717, 1.165) is 56.8 Å². The van der Waals surface area contributed by atoms with Crippen molar-refractivity contribution < 1.29 is 0 Å². The van der Waals surface area contributed by atoms with E-state index < -0.39 is 0 Å². The molecular weight excluding hydrogens is 326 g/mol. The maximum absolute atomic E-state index is 12.4. The summed E-state index contributed by atoms with van der Waals surface area (Å²) in [5.74, 6) is 2.22. The molecule has 5 rings (SSSR count). The second-order valence-corrected chi connectivity index (χ2v) is 7.99. The van der Waals surface area contributed by atoms with E-state index in [1.807, 2.05) is 0 Å². The van der Waals surface area contributed by atoms with Gasteiger partial charge < -0.3 is 4.90 Å². The molecule has 0 unspecified atom stereocenters. The molecule has 2 aliphatic carbocycles. The standard InChI is InChI=1S/C20H25N5O/c26-19-10-18(15-4-5-15)23-13-25(19)11-14-6-8-24(9-7-14)20-16-2-1-3-17(16)21-12-22-20/h10,12-15H,1-9,11H2. The molecule has 3 aliphatic rings.